The molecule has 1 nitrogen and oxygen atoms in total. The fourth-order valence-corrected chi connectivity index (χ4v) is 2.01. The van der Waals surface area contributed by atoms with Crippen molar-refractivity contribution in [1.29, 1.82) is 0 Å². The predicted octanol–water partition coefficient (Wildman–Crippen LogP) is 2.63. The van der Waals surface area contributed by atoms with Crippen LogP contribution >= 0.6 is 0 Å². The Kier molecular flexibility index (Phi) is 4.53. The molecule has 0 radical (unpaired) electrons. The van der Waals surface area contributed by atoms with Crippen LogP contribution in [-0.4, -0.2) is 5.60 Å². The van der Waals surface area contributed by atoms with Crippen molar-refractivity contribution in [1.82, 2.24) is 0 Å². The van der Waals surface area contributed by atoms with E-state index in [1.54, 1.807) is 0 Å². The molecule has 0 amide bonds. The summed E-state index contributed by atoms with van der Waals surface area (Å²) < 4.78 is 6.51. The van der Waals surface area contributed by atoms with Crippen molar-refractivity contribution in [3.05, 3.63) is 0 Å². The molecule has 0 rings (SSSR count). The number of rotatable bonds is 2. The van der Waals surface area contributed by atoms with Gasteiger partial charge in [0.05, 0.1) is 0 Å². The summed E-state index contributed by atoms with van der Waals surface area (Å²) in [5.74, 6) is 0. The van der Waals surface area contributed by atoms with Gasteiger partial charge in [0.2, 0.25) is 0 Å². The normalized spacial score (nSPS) is 11.8. The molecule has 0 bridgehead atoms. The molecular formula is C7H16OY. The monoisotopic (exact) mass is 205 g/mol. The third kappa shape index (κ3) is 9.06. The van der Waals surface area contributed by atoms with Crippen LogP contribution in [0.5, 0.6) is 0 Å². The van der Waals surface area contributed by atoms with Crippen LogP contribution in [0.15, 0.2) is 0 Å². The van der Waals surface area contributed by atoms with Gasteiger partial charge < -0.3 is 0 Å². The average molecular weight is 205 g/mol. The molecule has 0 aliphatic heterocycles. The Morgan fingerprint density at radius 3 is 1.78 bits per heavy atom. The molecule has 0 aromatic rings. The van der Waals surface area contributed by atoms with Crippen molar-refractivity contribution < 1.29 is 31.8 Å². The van der Waals surface area contributed by atoms with Crippen molar-refractivity contribution in [2.75, 3.05) is 0 Å². The third-order valence-electron chi connectivity index (χ3n) is 0.694. The molecule has 0 spiro atoms. The standard InChI is InChI=1S/C4H9O.C3H7.Y/c1-4(2,3)5;1-3-2;/h1-3H3;3H,1-2H3;/q-1;;+1. The van der Waals surface area contributed by atoms with Gasteiger partial charge >= 0.3 is 74.7 Å². The van der Waals surface area contributed by atoms with Crippen molar-refractivity contribution in [2.24, 2.45) is 0 Å². The fourth-order valence-electron chi connectivity index (χ4n) is 0.340. The predicted molar refractivity (Wildman–Crippen MR) is 35.9 cm³/mol. The molecule has 9 heavy (non-hydrogen) atoms. The second kappa shape index (κ2) is 4.05. The minimum absolute atomic E-state index is 0.116. The van der Waals surface area contributed by atoms with Crippen molar-refractivity contribution in [3.8, 4) is 0 Å². The molecule has 0 aliphatic carbocycles. The zero-order valence-corrected chi connectivity index (χ0v) is 9.90. The molecule has 0 heterocycles. The Bertz CT molecular complexity index is 73.5. The Morgan fingerprint density at radius 1 is 1.22 bits per heavy atom. The van der Waals surface area contributed by atoms with Crippen LogP contribution in [0, 0.1) is 0 Å². The minimum atomic E-state index is -0.671. The third-order valence-corrected chi connectivity index (χ3v) is 4.10. The van der Waals surface area contributed by atoms with Gasteiger partial charge in [-0.1, -0.05) is 0 Å². The zero-order chi connectivity index (χ0) is 7.49. The molecule has 0 aliphatic rings. The van der Waals surface area contributed by atoms with Gasteiger partial charge in [0.25, 0.3) is 0 Å². The summed E-state index contributed by atoms with van der Waals surface area (Å²) in [6.45, 7) is 10.9. The molecule has 0 unspecified atom stereocenters. The van der Waals surface area contributed by atoms with E-state index in [1.807, 2.05) is 0 Å². The molecule has 0 aromatic carbocycles. The maximum atomic E-state index is 5.68. The van der Waals surface area contributed by atoms with E-state index in [0.29, 0.717) is 0 Å². The van der Waals surface area contributed by atoms with Gasteiger partial charge in [-0.3, -0.25) is 0 Å². The van der Waals surface area contributed by atoms with E-state index >= 15 is 0 Å². The van der Waals surface area contributed by atoms with Crippen molar-refractivity contribution in [2.45, 2.75) is 42.9 Å². The Labute approximate surface area is 74.4 Å². The second-order valence-corrected chi connectivity index (χ2v) is 8.14. The fraction of sp³-hybridized carbons (Fsp3) is 1.00. The summed E-state index contributed by atoms with van der Waals surface area (Å²) in [5.41, 5.74) is 0.116. The first-order valence-electron chi connectivity index (χ1n) is 3.43. The van der Waals surface area contributed by atoms with Crippen LogP contribution in [0.1, 0.15) is 34.6 Å². The maximum absolute atomic E-state index is 5.68. The van der Waals surface area contributed by atoms with Crippen molar-refractivity contribution in [3.63, 3.8) is 0 Å². The molecule has 0 saturated heterocycles. The first-order valence-corrected chi connectivity index (χ1v) is 6.23. The van der Waals surface area contributed by atoms with Crippen LogP contribution in [0.25, 0.3) is 0 Å². The Morgan fingerprint density at radius 2 is 1.67 bits per heavy atom. The molecule has 53 valence electrons. The molecule has 0 atom stereocenters. The molecule has 0 N–H and O–H groups in total. The summed E-state index contributed by atoms with van der Waals surface area (Å²) in [7, 11) is 0. The van der Waals surface area contributed by atoms with Crippen molar-refractivity contribution >= 4 is 0 Å². The summed E-state index contributed by atoms with van der Waals surface area (Å²) in [5, 5.41) is 0. The van der Waals surface area contributed by atoms with Gasteiger partial charge in [-0.25, -0.2) is 0 Å². The Hall–Kier alpha value is 1.06. The van der Waals surface area contributed by atoms with Gasteiger partial charge in [0.15, 0.2) is 0 Å². The van der Waals surface area contributed by atoms with E-state index in [2.05, 4.69) is 34.6 Å². The molecule has 0 aromatic heterocycles. The Balaban J connectivity index is 3.28. The molecule has 2 heteroatoms. The summed E-state index contributed by atoms with van der Waals surface area (Å²) in [4.78, 5) is 0. The van der Waals surface area contributed by atoms with E-state index in [-0.39, 0.29) is 5.60 Å². The SMILES string of the molecule is C[CH](C)[Y][O]C(C)(C)C. The quantitative estimate of drug-likeness (QED) is 0.673. The van der Waals surface area contributed by atoms with Gasteiger partial charge in [-0.15, -0.1) is 0 Å². The number of hydrogen-bond donors (Lipinski definition) is 0. The van der Waals surface area contributed by atoms with E-state index in [4.69, 9.17) is 2.05 Å². The van der Waals surface area contributed by atoms with E-state index < -0.39 is 29.7 Å². The molecule has 0 saturated carbocycles. The number of hydrogen-bond acceptors (Lipinski definition) is 1. The topological polar surface area (TPSA) is 9.23 Å². The van der Waals surface area contributed by atoms with Gasteiger partial charge in [0, 0.05) is 0 Å². The van der Waals surface area contributed by atoms with Gasteiger partial charge in [0.1, 0.15) is 0 Å². The van der Waals surface area contributed by atoms with Crippen LogP contribution in [0.3, 0.4) is 0 Å². The van der Waals surface area contributed by atoms with Crippen LogP contribution in [-0.2, 0) is 31.8 Å². The molecule has 0 fully saturated rings. The summed E-state index contributed by atoms with van der Waals surface area (Å²) in [6, 6.07) is 0. The van der Waals surface area contributed by atoms with E-state index in [0.717, 1.165) is 2.73 Å². The van der Waals surface area contributed by atoms with Crippen LogP contribution < -0.4 is 0 Å². The first kappa shape index (κ1) is 10.1. The van der Waals surface area contributed by atoms with E-state index in [1.165, 1.54) is 0 Å². The van der Waals surface area contributed by atoms with Crippen LogP contribution in [0.4, 0.5) is 0 Å². The first-order chi connectivity index (χ1) is 3.92. The van der Waals surface area contributed by atoms with Gasteiger partial charge in [-0.2, -0.15) is 0 Å². The van der Waals surface area contributed by atoms with E-state index in [9.17, 15) is 0 Å². The summed E-state index contributed by atoms with van der Waals surface area (Å²) >= 11 is -0.671. The second-order valence-electron chi connectivity index (χ2n) is 3.61. The van der Waals surface area contributed by atoms with Crippen LogP contribution in [0.2, 0.25) is 2.73 Å². The molecular weight excluding hydrogens is 189 g/mol. The average Bonchev–Trinajstić information content (AvgIpc) is 1.59. The summed E-state index contributed by atoms with van der Waals surface area (Å²) in [6.07, 6.45) is 0. The van der Waals surface area contributed by atoms with Gasteiger partial charge in [-0.05, 0) is 0 Å². The zero-order valence-electron chi connectivity index (χ0n) is 7.06.